The summed E-state index contributed by atoms with van der Waals surface area (Å²) >= 11 is 0. The number of aliphatic hydroxyl groups is 5. The molecule has 0 bridgehead atoms. The third-order valence-electron chi connectivity index (χ3n) is 16.6. The first-order chi connectivity index (χ1) is 37.3. The van der Waals surface area contributed by atoms with Crippen LogP contribution in [0.3, 0.4) is 0 Å². The van der Waals surface area contributed by atoms with Crippen LogP contribution in [0.25, 0.3) is 0 Å². The number of hydrogen-bond acceptors (Lipinski definition) is 8. The molecule has 1 heterocycles. The summed E-state index contributed by atoms with van der Waals surface area (Å²) in [7, 11) is 0. The number of aliphatic hydroxyl groups excluding tert-OH is 5. The Kier molecular flexibility index (Phi) is 54.9. The fourth-order valence-corrected chi connectivity index (χ4v) is 11.3. The minimum atomic E-state index is -1.56. The Labute approximate surface area is 471 Å². The highest BCUT2D eigenvalue weighted by molar-refractivity contribution is 5.76. The lowest BCUT2D eigenvalue weighted by Gasteiger charge is -2.40. The number of hydrogen-bond donors (Lipinski definition) is 6. The van der Waals surface area contributed by atoms with Crippen LogP contribution >= 0.6 is 0 Å². The lowest BCUT2D eigenvalue weighted by atomic mass is 9.99. The molecule has 0 aromatic rings. The lowest BCUT2D eigenvalue weighted by Crippen LogP contribution is -2.60. The third kappa shape index (κ3) is 45.6. The van der Waals surface area contributed by atoms with Crippen LogP contribution in [0.15, 0.2) is 12.2 Å². The van der Waals surface area contributed by atoms with E-state index in [0.717, 1.165) is 38.5 Å². The van der Waals surface area contributed by atoms with Crippen LogP contribution in [0.4, 0.5) is 0 Å². The maximum atomic E-state index is 13.1. The second kappa shape index (κ2) is 57.2. The molecule has 0 radical (unpaired) electrons. The van der Waals surface area contributed by atoms with Gasteiger partial charge in [-0.1, -0.05) is 341 Å². The van der Waals surface area contributed by atoms with Gasteiger partial charge in [0.1, 0.15) is 24.4 Å². The molecule has 0 spiro atoms. The van der Waals surface area contributed by atoms with E-state index in [1.165, 1.54) is 295 Å². The van der Waals surface area contributed by atoms with Crippen LogP contribution in [-0.2, 0) is 14.3 Å². The zero-order valence-corrected chi connectivity index (χ0v) is 50.5. The van der Waals surface area contributed by atoms with E-state index in [1.807, 2.05) is 6.08 Å². The second-order valence-corrected chi connectivity index (χ2v) is 24.0. The Morgan fingerprint density at radius 3 is 1.03 bits per heavy atom. The highest BCUT2D eigenvalue weighted by Crippen LogP contribution is 2.23. The third-order valence-corrected chi connectivity index (χ3v) is 16.6. The van der Waals surface area contributed by atoms with Gasteiger partial charge in [-0.25, -0.2) is 0 Å². The fourth-order valence-electron chi connectivity index (χ4n) is 11.3. The van der Waals surface area contributed by atoms with Crippen molar-refractivity contribution < 1.29 is 39.8 Å². The maximum absolute atomic E-state index is 13.1. The van der Waals surface area contributed by atoms with Crippen molar-refractivity contribution in [3.8, 4) is 0 Å². The summed E-state index contributed by atoms with van der Waals surface area (Å²) in [5, 5.41) is 54.7. The predicted molar refractivity (Wildman–Crippen MR) is 323 cm³/mol. The molecule has 0 aliphatic carbocycles. The summed E-state index contributed by atoms with van der Waals surface area (Å²) < 4.78 is 11.3. The van der Waals surface area contributed by atoms with E-state index in [0.29, 0.717) is 6.42 Å². The molecule has 9 nitrogen and oxygen atoms in total. The van der Waals surface area contributed by atoms with E-state index in [4.69, 9.17) is 9.47 Å². The molecule has 6 N–H and O–H groups in total. The molecule has 0 aromatic heterocycles. The first-order valence-corrected chi connectivity index (χ1v) is 33.9. The van der Waals surface area contributed by atoms with E-state index in [2.05, 4.69) is 19.2 Å². The van der Waals surface area contributed by atoms with Crippen molar-refractivity contribution in [2.24, 2.45) is 0 Å². The van der Waals surface area contributed by atoms with Crippen molar-refractivity contribution >= 4 is 5.91 Å². The van der Waals surface area contributed by atoms with E-state index in [9.17, 15) is 30.3 Å². The zero-order chi connectivity index (χ0) is 55.0. The Hall–Kier alpha value is -1.07. The minimum absolute atomic E-state index is 0.167. The number of nitrogens with one attached hydrogen (secondary N) is 1. The van der Waals surface area contributed by atoms with Gasteiger partial charge in [-0.3, -0.25) is 4.79 Å². The first kappa shape index (κ1) is 72.9. The Bertz CT molecular complexity index is 1200. The average Bonchev–Trinajstić information content (AvgIpc) is 3.42. The van der Waals surface area contributed by atoms with Gasteiger partial charge in [-0.15, -0.1) is 0 Å². The number of amides is 1. The number of ether oxygens (including phenoxy) is 2. The number of carbonyl (C=O) groups is 1. The first-order valence-electron chi connectivity index (χ1n) is 33.9. The van der Waals surface area contributed by atoms with E-state index in [1.54, 1.807) is 6.08 Å². The molecular formula is C67H131NO8. The topological polar surface area (TPSA) is 149 Å². The van der Waals surface area contributed by atoms with Crippen molar-refractivity contribution in [3.05, 3.63) is 12.2 Å². The smallest absolute Gasteiger partial charge is 0.220 e. The maximum Gasteiger partial charge on any atom is 0.220 e. The molecule has 1 saturated heterocycles. The monoisotopic (exact) mass is 1080 g/mol. The summed E-state index contributed by atoms with van der Waals surface area (Å²) in [4.78, 5) is 13.1. The number of rotatable bonds is 60. The van der Waals surface area contributed by atoms with Crippen molar-refractivity contribution in [1.82, 2.24) is 5.32 Å². The van der Waals surface area contributed by atoms with Gasteiger partial charge in [0.05, 0.1) is 25.4 Å². The van der Waals surface area contributed by atoms with Crippen LogP contribution in [-0.4, -0.2) is 87.5 Å². The van der Waals surface area contributed by atoms with Gasteiger partial charge >= 0.3 is 0 Å². The van der Waals surface area contributed by atoms with E-state index in [-0.39, 0.29) is 12.5 Å². The van der Waals surface area contributed by atoms with Crippen LogP contribution in [0, 0.1) is 0 Å². The Morgan fingerprint density at radius 1 is 0.434 bits per heavy atom. The van der Waals surface area contributed by atoms with Gasteiger partial charge in [0.15, 0.2) is 6.29 Å². The van der Waals surface area contributed by atoms with Crippen molar-refractivity contribution in [2.45, 2.75) is 397 Å². The Balaban J connectivity index is 2.12. The Morgan fingerprint density at radius 2 is 0.724 bits per heavy atom. The fraction of sp³-hybridized carbons (Fsp3) is 0.955. The van der Waals surface area contributed by atoms with Crippen molar-refractivity contribution in [2.75, 3.05) is 13.2 Å². The zero-order valence-electron chi connectivity index (χ0n) is 50.5. The molecule has 1 aliphatic heterocycles. The van der Waals surface area contributed by atoms with Crippen LogP contribution < -0.4 is 5.32 Å². The van der Waals surface area contributed by atoms with Gasteiger partial charge in [-0.05, 0) is 19.3 Å². The average molecular weight is 1080 g/mol. The summed E-state index contributed by atoms with van der Waals surface area (Å²) in [6, 6.07) is -0.801. The van der Waals surface area contributed by atoms with Gasteiger partial charge in [-0.2, -0.15) is 0 Å². The molecular weight excluding hydrogens is 947 g/mol. The molecule has 7 atom stereocenters. The normalized spacial score (nSPS) is 18.8. The summed E-state index contributed by atoms with van der Waals surface area (Å²) in [6.07, 6.45) is 66.0. The molecule has 9 heteroatoms. The SMILES string of the molecule is CCCCCCCCCCCCCCCCCCCCCC/C=C/C(O)C(COC1OC(CO)C(O)C(O)C1O)NC(=O)CCCCCCCCCCCCCCCCCCCCCCCCCCCCCCCCC. The quantitative estimate of drug-likeness (QED) is 0.0261. The predicted octanol–water partition coefficient (Wildman–Crippen LogP) is 17.9. The molecule has 1 amide bonds. The molecule has 0 saturated carbocycles. The van der Waals surface area contributed by atoms with E-state index >= 15 is 0 Å². The number of carbonyl (C=O) groups excluding carboxylic acids is 1. The van der Waals surface area contributed by atoms with E-state index < -0.39 is 49.5 Å². The van der Waals surface area contributed by atoms with Crippen LogP contribution in [0.1, 0.15) is 354 Å². The highest BCUT2D eigenvalue weighted by atomic mass is 16.7. The van der Waals surface area contributed by atoms with Crippen LogP contribution in [0.5, 0.6) is 0 Å². The van der Waals surface area contributed by atoms with Crippen LogP contribution in [0.2, 0.25) is 0 Å². The summed E-state index contributed by atoms with van der Waals surface area (Å²) in [5.41, 5.74) is 0. The van der Waals surface area contributed by atoms with Crippen molar-refractivity contribution in [1.29, 1.82) is 0 Å². The molecule has 1 fully saturated rings. The largest absolute Gasteiger partial charge is 0.394 e. The second-order valence-electron chi connectivity index (χ2n) is 24.0. The van der Waals surface area contributed by atoms with Crippen molar-refractivity contribution in [3.63, 3.8) is 0 Å². The number of allylic oxidation sites excluding steroid dienone is 1. The van der Waals surface area contributed by atoms with Gasteiger partial charge in [0.2, 0.25) is 5.91 Å². The highest BCUT2D eigenvalue weighted by Gasteiger charge is 2.44. The lowest BCUT2D eigenvalue weighted by molar-refractivity contribution is -0.302. The minimum Gasteiger partial charge on any atom is -0.394 e. The summed E-state index contributed by atoms with van der Waals surface area (Å²) in [6.45, 7) is 3.84. The molecule has 76 heavy (non-hydrogen) atoms. The summed E-state index contributed by atoms with van der Waals surface area (Å²) in [5.74, 6) is -0.167. The molecule has 452 valence electrons. The standard InChI is InChI=1S/C67H131NO8/c1-3-5-7-9-11-13-15-17-19-21-23-25-27-28-29-30-31-32-33-34-35-37-39-41-43-45-47-49-51-53-55-57-63(71)68-60(59-75-67-66(74)65(73)64(72)62(58-69)76-67)61(70)56-54-52-50-48-46-44-42-40-38-36-26-24-22-20-18-16-14-12-10-8-6-4-2/h54,56,60-62,64-67,69-70,72-74H,3-53,55,57-59H2,1-2H3,(H,68,71)/b56-54+. The number of unbranched alkanes of at least 4 members (excludes halogenated alkanes) is 50. The van der Waals surface area contributed by atoms with Gasteiger partial charge in [0, 0.05) is 6.42 Å². The molecule has 0 aromatic carbocycles. The van der Waals surface area contributed by atoms with Gasteiger partial charge in [0.25, 0.3) is 0 Å². The molecule has 1 aliphatic rings. The van der Waals surface area contributed by atoms with Gasteiger partial charge < -0.3 is 40.3 Å². The molecule has 1 rings (SSSR count). The molecule has 7 unspecified atom stereocenters.